The second kappa shape index (κ2) is 8.17. The van der Waals surface area contributed by atoms with Gasteiger partial charge in [-0.2, -0.15) is 0 Å². The van der Waals surface area contributed by atoms with E-state index in [0.29, 0.717) is 5.92 Å². The monoisotopic (exact) mass is 292 g/mol. The summed E-state index contributed by atoms with van der Waals surface area (Å²) in [6, 6.07) is 0. The SMILES string of the molecule is CCCc1c(NCC)ncnc1NCC1CCC(O)CC1. The molecule has 0 radical (unpaired) electrons. The highest BCUT2D eigenvalue weighted by Crippen LogP contribution is 2.26. The molecule has 0 amide bonds. The molecule has 3 N–H and O–H groups in total. The molecule has 1 aromatic rings. The predicted octanol–water partition coefficient (Wildman–Crippen LogP) is 2.82. The van der Waals surface area contributed by atoms with Crippen molar-refractivity contribution in [1.29, 1.82) is 0 Å². The number of hydrogen-bond acceptors (Lipinski definition) is 5. The second-order valence-corrected chi connectivity index (χ2v) is 5.89. The lowest BCUT2D eigenvalue weighted by Gasteiger charge is -2.26. The van der Waals surface area contributed by atoms with Crippen LogP contribution in [0.1, 0.15) is 51.5 Å². The van der Waals surface area contributed by atoms with E-state index in [1.165, 1.54) is 5.56 Å². The smallest absolute Gasteiger partial charge is 0.134 e. The van der Waals surface area contributed by atoms with E-state index in [-0.39, 0.29) is 6.10 Å². The van der Waals surface area contributed by atoms with E-state index in [1.807, 2.05) is 0 Å². The van der Waals surface area contributed by atoms with Gasteiger partial charge in [-0.25, -0.2) is 9.97 Å². The summed E-state index contributed by atoms with van der Waals surface area (Å²) in [6.07, 6.45) is 7.66. The van der Waals surface area contributed by atoms with Gasteiger partial charge in [-0.1, -0.05) is 13.3 Å². The molecule has 0 spiro atoms. The lowest BCUT2D eigenvalue weighted by molar-refractivity contribution is 0.111. The summed E-state index contributed by atoms with van der Waals surface area (Å²) in [5, 5.41) is 16.4. The van der Waals surface area contributed by atoms with Crippen LogP contribution in [0.3, 0.4) is 0 Å². The average molecular weight is 292 g/mol. The average Bonchev–Trinajstić information content (AvgIpc) is 2.49. The van der Waals surface area contributed by atoms with Crippen LogP contribution in [0.15, 0.2) is 6.33 Å². The Morgan fingerprint density at radius 3 is 2.38 bits per heavy atom. The highest BCUT2D eigenvalue weighted by molar-refractivity contribution is 5.57. The van der Waals surface area contributed by atoms with Crippen LogP contribution in [-0.2, 0) is 6.42 Å². The van der Waals surface area contributed by atoms with Gasteiger partial charge < -0.3 is 15.7 Å². The Morgan fingerprint density at radius 1 is 1.10 bits per heavy atom. The molecular weight excluding hydrogens is 264 g/mol. The van der Waals surface area contributed by atoms with Crippen molar-refractivity contribution in [1.82, 2.24) is 9.97 Å². The van der Waals surface area contributed by atoms with Crippen molar-refractivity contribution in [2.24, 2.45) is 5.92 Å². The Labute approximate surface area is 127 Å². The Morgan fingerprint density at radius 2 is 1.76 bits per heavy atom. The van der Waals surface area contributed by atoms with Crippen molar-refractivity contribution < 1.29 is 5.11 Å². The second-order valence-electron chi connectivity index (χ2n) is 5.89. The number of nitrogens with one attached hydrogen (secondary N) is 2. The third-order valence-corrected chi connectivity index (χ3v) is 4.16. The minimum absolute atomic E-state index is 0.0868. The summed E-state index contributed by atoms with van der Waals surface area (Å²) in [4.78, 5) is 8.79. The molecule has 0 aliphatic heterocycles. The molecule has 1 saturated carbocycles. The van der Waals surface area contributed by atoms with Gasteiger partial charge in [0.2, 0.25) is 0 Å². The highest BCUT2D eigenvalue weighted by Gasteiger charge is 2.20. The Balaban J connectivity index is 1.99. The van der Waals surface area contributed by atoms with E-state index >= 15 is 0 Å². The first-order chi connectivity index (χ1) is 10.2. The zero-order valence-electron chi connectivity index (χ0n) is 13.2. The van der Waals surface area contributed by atoms with Crippen molar-refractivity contribution in [2.45, 2.75) is 58.5 Å². The lowest BCUT2D eigenvalue weighted by Crippen LogP contribution is -2.24. The van der Waals surface area contributed by atoms with E-state index < -0.39 is 0 Å². The molecule has 1 aliphatic carbocycles. The fourth-order valence-corrected chi connectivity index (χ4v) is 2.96. The molecule has 118 valence electrons. The molecule has 21 heavy (non-hydrogen) atoms. The van der Waals surface area contributed by atoms with Crippen LogP contribution in [0.4, 0.5) is 11.6 Å². The van der Waals surface area contributed by atoms with E-state index in [4.69, 9.17) is 0 Å². The van der Waals surface area contributed by atoms with E-state index in [9.17, 15) is 5.11 Å². The fourth-order valence-electron chi connectivity index (χ4n) is 2.96. The van der Waals surface area contributed by atoms with Gasteiger partial charge >= 0.3 is 0 Å². The van der Waals surface area contributed by atoms with Crippen LogP contribution in [0.25, 0.3) is 0 Å². The summed E-state index contributed by atoms with van der Waals surface area (Å²) in [6.45, 7) is 6.06. The first-order valence-electron chi connectivity index (χ1n) is 8.24. The van der Waals surface area contributed by atoms with Crippen LogP contribution in [0.2, 0.25) is 0 Å². The first kappa shape index (κ1) is 16.0. The minimum Gasteiger partial charge on any atom is -0.393 e. The summed E-state index contributed by atoms with van der Waals surface area (Å²) in [7, 11) is 0. The standard InChI is InChI=1S/C16H28N4O/c1-3-5-14-15(17-4-2)19-11-20-16(14)18-10-12-6-8-13(21)9-7-12/h11-13,21H,3-10H2,1-2H3,(H2,17,18,19,20). The normalized spacial score (nSPS) is 22.0. The molecule has 1 aliphatic rings. The molecule has 5 heteroatoms. The van der Waals surface area contributed by atoms with Gasteiger partial charge in [0.1, 0.15) is 18.0 Å². The number of anilines is 2. The van der Waals surface area contributed by atoms with Crippen molar-refractivity contribution in [2.75, 3.05) is 23.7 Å². The highest BCUT2D eigenvalue weighted by atomic mass is 16.3. The maximum atomic E-state index is 9.57. The summed E-state index contributed by atoms with van der Waals surface area (Å²) in [5.41, 5.74) is 1.19. The van der Waals surface area contributed by atoms with E-state index in [2.05, 4.69) is 34.4 Å². The zero-order chi connectivity index (χ0) is 15.1. The van der Waals surface area contributed by atoms with Gasteiger partial charge in [0.05, 0.1) is 6.10 Å². The molecule has 0 bridgehead atoms. The molecule has 0 saturated heterocycles. The quantitative estimate of drug-likeness (QED) is 0.721. The van der Waals surface area contributed by atoms with Gasteiger partial charge in [-0.3, -0.25) is 0 Å². The third kappa shape index (κ3) is 4.56. The summed E-state index contributed by atoms with van der Waals surface area (Å²) in [5.74, 6) is 2.56. The Bertz CT molecular complexity index is 430. The van der Waals surface area contributed by atoms with Crippen LogP contribution in [-0.4, -0.2) is 34.3 Å². The van der Waals surface area contributed by atoms with Crippen molar-refractivity contribution in [3.8, 4) is 0 Å². The molecule has 1 aromatic heterocycles. The summed E-state index contributed by atoms with van der Waals surface area (Å²) < 4.78 is 0. The van der Waals surface area contributed by atoms with Gasteiger partial charge in [-0.05, 0) is 44.9 Å². The molecule has 1 fully saturated rings. The zero-order valence-corrected chi connectivity index (χ0v) is 13.2. The van der Waals surface area contributed by atoms with Crippen molar-refractivity contribution >= 4 is 11.6 Å². The molecule has 2 rings (SSSR count). The maximum absolute atomic E-state index is 9.57. The van der Waals surface area contributed by atoms with E-state index in [1.54, 1.807) is 6.33 Å². The van der Waals surface area contributed by atoms with E-state index in [0.717, 1.165) is 63.3 Å². The molecule has 0 unspecified atom stereocenters. The number of aliphatic hydroxyl groups excluding tert-OH is 1. The van der Waals surface area contributed by atoms with Crippen LogP contribution in [0, 0.1) is 5.92 Å². The molecular formula is C16H28N4O. The number of hydrogen-bond donors (Lipinski definition) is 3. The third-order valence-electron chi connectivity index (χ3n) is 4.16. The largest absolute Gasteiger partial charge is 0.393 e. The first-order valence-corrected chi connectivity index (χ1v) is 8.24. The van der Waals surface area contributed by atoms with Crippen LogP contribution in [0.5, 0.6) is 0 Å². The number of rotatable bonds is 7. The molecule has 5 nitrogen and oxygen atoms in total. The van der Waals surface area contributed by atoms with Gasteiger partial charge in [0, 0.05) is 18.7 Å². The van der Waals surface area contributed by atoms with Crippen LogP contribution < -0.4 is 10.6 Å². The molecule has 0 atom stereocenters. The number of nitrogens with zero attached hydrogens (tertiary/aromatic N) is 2. The lowest BCUT2D eigenvalue weighted by atomic mass is 9.87. The fraction of sp³-hybridized carbons (Fsp3) is 0.750. The molecule has 0 aromatic carbocycles. The minimum atomic E-state index is -0.0868. The van der Waals surface area contributed by atoms with Crippen LogP contribution >= 0.6 is 0 Å². The van der Waals surface area contributed by atoms with Crippen molar-refractivity contribution in [3.05, 3.63) is 11.9 Å². The number of aliphatic hydroxyl groups is 1. The Kier molecular flexibility index (Phi) is 6.23. The predicted molar refractivity (Wildman–Crippen MR) is 86.6 cm³/mol. The maximum Gasteiger partial charge on any atom is 0.134 e. The van der Waals surface area contributed by atoms with Gasteiger partial charge in [0.25, 0.3) is 0 Å². The Hall–Kier alpha value is -1.36. The summed E-state index contributed by atoms with van der Waals surface area (Å²) >= 11 is 0. The van der Waals surface area contributed by atoms with Gasteiger partial charge in [-0.15, -0.1) is 0 Å². The topological polar surface area (TPSA) is 70.1 Å². The number of aromatic nitrogens is 2. The van der Waals surface area contributed by atoms with Crippen molar-refractivity contribution in [3.63, 3.8) is 0 Å². The van der Waals surface area contributed by atoms with Gasteiger partial charge in [0.15, 0.2) is 0 Å². The molecule has 1 heterocycles.